The molecule has 0 saturated heterocycles. The molecule has 0 aromatic heterocycles. The van der Waals surface area contributed by atoms with E-state index in [1.807, 2.05) is 133 Å². The maximum atomic E-state index is 14.0. The minimum absolute atomic E-state index is 0.0564. The highest BCUT2D eigenvalue weighted by Crippen LogP contribution is 2.44. The van der Waals surface area contributed by atoms with Crippen LogP contribution in [-0.4, -0.2) is 79.6 Å². The summed E-state index contributed by atoms with van der Waals surface area (Å²) >= 11 is 0. The van der Waals surface area contributed by atoms with Gasteiger partial charge in [-0.2, -0.15) is 0 Å². The van der Waals surface area contributed by atoms with Gasteiger partial charge in [0.15, 0.2) is 0 Å². The molecule has 0 saturated carbocycles. The van der Waals surface area contributed by atoms with Gasteiger partial charge in [-0.15, -0.1) is 13.2 Å². The van der Waals surface area contributed by atoms with E-state index in [-0.39, 0.29) is 51.6 Å². The molecule has 378 valence electrons. The van der Waals surface area contributed by atoms with Gasteiger partial charge in [0.05, 0.1) is 24.6 Å². The summed E-state index contributed by atoms with van der Waals surface area (Å²) in [4.78, 5) is 66.8. The fourth-order valence-corrected chi connectivity index (χ4v) is 8.50. The third kappa shape index (κ3) is 17.0. The van der Waals surface area contributed by atoms with Crippen molar-refractivity contribution in [2.45, 2.75) is 88.6 Å². The lowest BCUT2D eigenvalue weighted by Crippen LogP contribution is -2.46. The number of carbonyl (C=O) groups is 5. The van der Waals surface area contributed by atoms with Crippen LogP contribution in [0.1, 0.15) is 78.7 Å². The molecule has 0 heterocycles. The second kappa shape index (κ2) is 28.8. The van der Waals surface area contributed by atoms with Crippen molar-refractivity contribution in [1.82, 2.24) is 21.3 Å². The molecule has 5 aromatic rings. The van der Waals surface area contributed by atoms with Gasteiger partial charge in [0.1, 0.15) is 38.2 Å². The zero-order chi connectivity index (χ0) is 50.9. The summed E-state index contributed by atoms with van der Waals surface area (Å²) in [5, 5.41) is 21.5. The number of fused-ring (bicyclic) bond motifs is 3. The van der Waals surface area contributed by atoms with Crippen molar-refractivity contribution in [2.75, 3.05) is 26.4 Å². The quantitative estimate of drug-likeness (QED) is 0.0134. The molecule has 0 spiro atoms. The minimum atomic E-state index is -1.08. The van der Waals surface area contributed by atoms with Crippen LogP contribution in [0.4, 0.5) is 9.59 Å². The van der Waals surface area contributed by atoms with Gasteiger partial charge in [0, 0.05) is 18.9 Å². The van der Waals surface area contributed by atoms with Crippen molar-refractivity contribution in [2.24, 2.45) is 5.92 Å². The number of hydrogen-bond donors (Lipinski definition) is 5. The largest absolute Gasteiger partial charge is 0.489 e. The number of alkyl carbamates (subject to hydrolysis) is 2. The Balaban J connectivity index is 1.03. The molecule has 1 aliphatic rings. The van der Waals surface area contributed by atoms with E-state index >= 15 is 0 Å². The number of carbonyl (C=O) groups excluding carboxylic acids is 5. The molecule has 0 radical (unpaired) electrons. The first-order chi connectivity index (χ1) is 35.1. The van der Waals surface area contributed by atoms with E-state index in [9.17, 15) is 29.1 Å². The monoisotopic (exact) mass is 978 g/mol. The molecule has 4 amide bonds. The van der Waals surface area contributed by atoms with Crippen LogP contribution < -0.4 is 26.0 Å². The van der Waals surface area contributed by atoms with Crippen molar-refractivity contribution in [3.63, 3.8) is 0 Å². The summed E-state index contributed by atoms with van der Waals surface area (Å²) in [5.74, 6) is -1.94. The molecule has 6 rings (SSSR count). The Bertz CT molecular complexity index is 2490. The Morgan fingerprint density at radius 1 is 0.625 bits per heavy atom. The molecule has 14 nitrogen and oxygen atoms in total. The number of esters is 1. The Labute approximate surface area is 422 Å². The van der Waals surface area contributed by atoms with Gasteiger partial charge in [0.2, 0.25) is 11.8 Å². The summed E-state index contributed by atoms with van der Waals surface area (Å²) in [5.41, 5.74) is 7.04. The lowest BCUT2D eigenvalue weighted by Gasteiger charge is -2.24. The summed E-state index contributed by atoms with van der Waals surface area (Å²) < 4.78 is 22.8. The number of benzene rings is 5. The van der Waals surface area contributed by atoms with Crippen molar-refractivity contribution in [3.05, 3.63) is 187 Å². The van der Waals surface area contributed by atoms with Gasteiger partial charge in [-0.3, -0.25) is 9.59 Å². The zero-order valence-electron chi connectivity index (χ0n) is 40.7. The summed E-state index contributed by atoms with van der Waals surface area (Å²) in [6.07, 6.45) is 4.09. The average molecular weight is 979 g/mol. The highest BCUT2D eigenvalue weighted by molar-refractivity contribution is 5.86. The van der Waals surface area contributed by atoms with Crippen LogP contribution in [0.25, 0.3) is 11.1 Å². The fourth-order valence-electron chi connectivity index (χ4n) is 8.50. The molecular weight excluding hydrogens is 913 g/mol. The van der Waals surface area contributed by atoms with Crippen molar-refractivity contribution in [1.29, 1.82) is 0 Å². The zero-order valence-corrected chi connectivity index (χ0v) is 40.7. The number of rotatable bonds is 29. The highest BCUT2D eigenvalue weighted by Gasteiger charge is 2.31. The average Bonchev–Trinajstić information content (AvgIpc) is 3.73. The maximum Gasteiger partial charge on any atom is 0.407 e. The fraction of sp³-hybridized carbons (Fsp3) is 0.328. The molecule has 0 bridgehead atoms. The molecule has 72 heavy (non-hydrogen) atoms. The minimum Gasteiger partial charge on any atom is -0.489 e. The molecule has 0 aliphatic heterocycles. The van der Waals surface area contributed by atoms with Crippen LogP contribution in [0.15, 0.2) is 159 Å². The van der Waals surface area contributed by atoms with Gasteiger partial charge in [0.25, 0.3) is 0 Å². The van der Waals surface area contributed by atoms with E-state index in [1.165, 1.54) is 0 Å². The number of hydrogen-bond acceptors (Lipinski definition) is 10. The van der Waals surface area contributed by atoms with Crippen molar-refractivity contribution >= 4 is 30.0 Å². The SMILES string of the molecule is C=CCC[C@H](NC(=O)OCC1c2ccccc2-c2ccccc21)C(=O)OC[C@H](CCCCNC(=O)OCc1ccccc1)NC(=O)[C@@H](CC=C)CC(=O)N[C@H](CO)Cc1ccc(OCc2ccccc2)cc1. The molecule has 0 fully saturated rings. The number of unbranched alkanes of at least 4 members (excludes halogenated alkanes) is 1. The van der Waals surface area contributed by atoms with Crippen LogP contribution in [0.2, 0.25) is 0 Å². The van der Waals surface area contributed by atoms with Crippen LogP contribution in [-0.2, 0) is 48.2 Å². The van der Waals surface area contributed by atoms with Crippen LogP contribution in [0.5, 0.6) is 5.75 Å². The Hall–Kier alpha value is -7.71. The number of aliphatic hydroxyl groups excluding tert-OH is 1. The van der Waals surface area contributed by atoms with Gasteiger partial charge in [-0.05, 0) is 96.0 Å². The first-order valence-corrected chi connectivity index (χ1v) is 24.5. The molecule has 1 aliphatic carbocycles. The summed E-state index contributed by atoms with van der Waals surface area (Å²) in [6.45, 7) is 7.90. The Morgan fingerprint density at radius 2 is 1.26 bits per heavy atom. The predicted molar refractivity (Wildman–Crippen MR) is 276 cm³/mol. The number of ether oxygens (including phenoxy) is 4. The molecule has 5 N–H and O–H groups in total. The first kappa shape index (κ1) is 53.6. The molecule has 4 atom stereocenters. The van der Waals surface area contributed by atoms with Crippen LogP contribution >= 0.6 is 0 Å². The van der Waals surface area contributed by atoms with Crippen LogP contribution in [0.3, 0.4) is 0 Å². The molecule has 5 aromatic carbocycles. The second-order valence-corrected chi connectivity index (χ2v) is 17.7. The molecule has 0 unspecified atom stereocenters. The van der Waals surface area contributed by atoms with Gasteiger partial charge >= 0.3 is 18.2 Å². The Kier molecular flexibility index (Phi) is 21.5. The normalized spacial score (nSPS) is 13.1. The van der Waals surface area contributed by atoms with E-state index in [1.54, 1.807) is 12.2 Å². The van der Waals surface area contributed by atoms with Gasteiger partial charge in [-0.25, -0.2) is 14.4 Å². The van der Waals surface area contributed by atoms with E-state index in [4.69, 9.17) is 18.9 Å². The third-order valence-electron chi connectivity index (χ3n) is 12.3. The van der Waals surface area contributed by atoms with Gasteiger partial charge < -0.3 is 45.3 Å². The highest BCUT2D eigenvalue weighted by atomic mass is 16.6. The van der Waals surface area contributed by atoms with E-state index in [2.05, 4.69) is 34.4 Å². The van der Waals surface area contributed by atoms with Crippen molar-refractivity contribution in [3.8, 4) is 16.9 Å². The maximum absolute atomic E-state index is 14.0. The third-order valence-corrected chi connectivity index (χ3v) is 12.3. The number of aliphatic hydroxyl groups is 1. The van der Waals surface area contributed by atoms with Crippen LogP contribution in [0, 0.1) is 5.92 Å². The Morgan fingerprint density at radius 3 is 1.90 bits per heavy atom. The van der Waals surface area contributed by atoms with Gasteiger partial charge in [-0.1, -0.05) is 133 Å². The molecular formula is C58H66N4O10. The van der Waals surface area contributed by atoms with E-state index in [0.717, 1.165) is 38.9 Å². The number of amides is 4. The predicted octanol–water partition coefficient (Wildman–Crippen LogP) is 8.87. The standard InChI is InChI=1S/C58H66N4O10/c1-3-5-28-53(62-58(68)72-40-52-50-26-14-12-24-48(50)49-25-13-15-27-51(49)52)56(66)70-39-45(23-16-17-33-59-57(67)71-38-43-21-10-7-11-22-43)61-55(65)44(18-4-2)35-54(64)60-46(36-63)34-41-29-31-47(32-30-41)69-37-42-19-8-6-9-20-42/h3-4,6-15,19-22,24-27,29-32,44-46,52-53,63H,1-2,5,16-18,23,28,33-40H2,(H,59,67)(H,60,64)(H,61,65)(H,62,68)/t44-,45-,46-,53-/m0/s1. The van der Waals surface area contributed by atoms with E-state index < -0.39 is 54.0 Å². The topological polar surface area (TPSA) is 191 Å². The number of allylic oxidation sites excluding steroid dienone is 2. The van der Waals surface area contributed by atoms with Crippen molar-refractivity contribution < 1.29 is 48.0 Å². The smallest absolute Gasteiger partial charge is 0.407 e. The lowest BCUT2D eigenvalue weighted by atomic mass is 9.98. The number of nitrogens with one attached hydrogen (secondary N) is 4. The van der Waals surface area contributed by atoms with E-state index in [0.29, 0.717) is 51.0 Å². The second-order valence-electron chi connectivity index (χ2n) is 17.7. The summed E-state index contributed by atoms with van der Waals surface area (Å²) in [6, 6.07) is 40.1. The first-order valence-electron chi connectivity index (χ1n) is 24.5. The summed E-state index contributed by atoms with van der Waals surface area (Å²) in [7, 11) is 0. The molecule has 14 heteroatoms. The lowest BCUT2D eigenvalue weighted by molar-refractivity contribution is -0.147.